The molecule has 19 heavy (non-hydrogen) atoms. The van der Waals surface area contributed by atoms with E-state index in [4.69, 9.17) is 11.6 Å². The van der Waals surface area contributed by atoms with Gasteiger partial charge >= 0.3 is 0 Å². The molecule has 1 aromatic carbocycles. The van der Waals surface area contributed by atoms with Crippen molar-refractivity contribution in [2.24, 2.45) is 11.8 Å². The molecule has 0 saturated heterocycles. The maximum absolute atomic E-state index is 13.9. The Balaban J connectivity index is 2.09. The fourth-order valence-corrected chi connectivity index (χ4v) is 2.91. The van der Waals surface area contributed by atoms with Crippen molar-refractivity contribution in [2.75, 3.05) is 6.54 Å². The molecule has 1 nitrogen and oxygen atoms in total. The maximum atomic E-state index is 13.9. The Labute approximate surface area is 120 Å². The van der Waals surface area contributed by atoms with E-state index in [9.17, 15) is 4.39 Å². The lowest BCUT2D eigenvalue weighted by molar-refractivity contribution is 0.337. The molecule has 2 atom stereocenters. The smallest absolute Gasteiger partial charge is 0.127 e. The number of hydrogen-bond donors (Lipinski definition) is 1. The number of rotatable bonds is 7. The summed E-state index contributed by atoms with van der Waals surface area (Å²) in [7, 11) is 0. The molecule has 0 amide bonds. The molecular weight excluding hydrogens is 261 g/mol. The highest BCUT2D eigenvalue weighted by Gasteiger charge is 2.33. The lowest BCUT2D eigenvalue weighted by Crippen LogP contribution is -2.38. The summed E-state index contributed by atoms with van der Waals surface area (Å²) in [4.78, 5) is 0. The molecule has 0 aliphatic heterocycles. The zero-order valence-corrected chi connectivity index (χ0v) is 12.5. The zero-order chi connectivity index (χ0) is 13.8. The first kappa shape index (κ1) is 14.8. The Bertz CT molecular complexity index is 397. The first-order chi connectivity index (χ1) is 9.13. The van der Waals surface area contributed by atoms with Gasteiger partial charge in [-0.25, -0.2) is 4.39 Å². The third-order valence-corrected chi connectivity index (χ3v) is 4.50. The molecule has 0 bridgehead atoms. The molecule has 1 aliphatic rings. The molecule has 0 spiro atoms. The van der Waals surface area contributed by atoms with Crippen LogP contribution in [0.3, 0.4) is 0 Å². The first-order valence-corrected chi connectivity index (χ1v) is 7.67. The minimum atomic E-state index is -0.182. The van der Waals surface area contributed by atoms with Gasteiger partial charge in [-0.2, -0.15) is 0 Å². The minimum Gasteiger partial charge on any atom is -0.313 e. The summed E-state index contributed by atoms with van der Waals surface area (Å²) in [5.74, 6) is 1.21. The van der Waals surface area contributed by atoms with E-state index in [-0.39, 0.29) is 5.82 Å². The zero-order valence-electron chi connectivity index (χ0n) is 11.8. The van der Waals surface area contributed by atoms with Gasteiger partial charge in [-0.3, -0.25) is 0 Å². The topological polar surface area (TPSA) is 12.0 Å². The van der Waals surface area contributed by atoms with Crippen molar-refractivity contribution in [2.45, 2.75) is 45.6 Å². The monoisotopic (exact) mass is 283 g/mol. The molecular formula is C16H23ClFN. The molecule has 3 heteroatoms. The molecule has 106 valence electrons. The van der Waals surface area contributed by atoms with Crippen LogP contribution in [0.15, 0.2) is 18.2 Å². The van der Waals surface area contributed by atoms with Gasteiger partial charge in [-0.15, -0.1) is 0 Å². The SMILES string of the molecule is CCCNC(Cc1c(F)cccc1Cl)C(C)C1CC1. The predicted molar refractivity (Wildman–Crippen MR) is 79.1 cm³/mol. The number of halogens is 2. The van der Waals surface area contributed by atoms with Crippen LogP contribution >= 0.6 is 11.6 Å². The van der Waals surface area contributed by atoms with Gasteiger partial charge in [-0.05, 0) is 56.2 Å². The van der Waals surface area contributed by atoms with Crippen LogP contribution in [0.1, 0.15) is 38.7 Å². The fourth-order valence-electron chi connectivity index (χ4n) is 2.67. The van der Waals surface area contributed by atoms with Crippen LogP contribution in [0.2, 0.25) is 5.02 Å². The van der Waals surface area contributed by atoms with Crippen molar-refractivity contribution in [3.63, 3.8) is 0 Å². The number of nitrogens with one attached hydrogen (secondary N) is 1. The molecule has 0 aromatic heterocycles. The maximum Gasteiger partial charge on any atom is 0.127 e. The van der Waals surface area contributed by atoms with Gasteiger partial charge in [0.05, 0.1) is 0 Å². The molecule has 2 unspecified atom stereocenters. The molecule has 1 saturated carbocycles. The Hall–Kier alpha value is -0.600. The minimum absolute atomic E-state index is 0.182. The van der Waals surface area contributed by atoms with Gasteiger partial charge in [0.25, 0.3) is 0 Å². The van der Waals surface area contributed by atoms with Crippen molar-refractivity contribution in [1.82, 2.24) is 5.32 Å². The second-order valence-corrected chi connectivity index (χ2v) is 6.07. The summed E-state index contributed by atoms with van der Waals surface area (Å²) < 4.78 is 13.9. The van der Waals surface area contributed by atoms with Crippen LogP contribution in [0.5, 0.6) is 0 Å². The number of benzene rings is 1. The lowest BCUT2D eigenvalue weighted by Gasteiger charge is -2.26. The lowest BCUT2D eigenvalue weighted by atomic mass is 9.91. The Morgan fingerprint density at radius 3 is 2.74 bits per heavy atom. The molecule has 1 N–H and O–H groups in total. The van der Waals surface area contributed by atoms with Crippen molar-refractivity contribution in [3.8, 4) is 0 Å². The molecule has 0 radical (unpaired) electrons. The normalized spacial score (nSPS) is 18.3. The van der Waals surface area contributed by atoms with E-state index in [1.165, 1.54) is 18.9 Å². The van der Waals surface area contributed by atoms with E-state index in [1.54, 1.807) is 12.1 Å². The van der Waals surface area contributed by atoms with Gasteiger partial charge in [0.1, 0.15) is 5.82 Å². The van der Waals surface area contributed by atoms with Gasteiger partial charge in [0.2, 0.25) is 0 Å². The second kappa shape index (κ2) is 6.71. The van der Waals surface area contributed by atoms with E-state index < -0.39 is 0 Å². The molecule has 0 heterocycles. The largest absolute Gasteiger partial charge is 0.313 e. The summed E-state index contributed by atoms with van der Waals surface area (Å²) in [6, 6.07) is 5.26. The van der Waals surface area contributed by atoms with Crippen LogP contribution in [-0.2, 0) is 6.42 Å². The highest BCUT2D eigenvalue weighted by Crippen LogP contribution is 2.39. The van der Waals surface area contributed by atoms with Crippen LogP contribution in [0.4, 0.5) is 4.39 Å². The van der Waals surface area contributed by atoms with Gasteiger partial charge in [0.15, 0.2) is 0 Å². The van der Waals surface area contributed by atoms with Crippen molar-refractivity contribution in [1.29, 1.82) is 0 Å². The van der Waals surface area contributed by atoms with Gasteiger partial charge in [0, 0.05) is 16.6 Å². The summed E-state index contributed by atoms with van der Waals surface area (Å²) >= 11 is 6.14. The van der Waals surface area contributed by atoms with Crippen LogP contribution < -0.4 is 5.32 Å². The van der Waals surface area contributed by atoms with Gasteiger partial charge in [-0.1, -0.05) is 31.5 Å². The average Bonchev–Trinajstić information content (AvgIpc) is 3.21. The van der Waals surface area contributed by atoms with E-state index in [1.807, 2.05) is 0 Å². The Morgan fingerprint density at radius 1 is 1.42 bits per heavy atom. The van der Waals surface area contributed by atoms with Crippen molar-refractivity contribution < 1.29 is 4.39 Å². The van der Waals surface area contributed by atoms with Crippen LogP contribution in [0.25, 0.3) is 0 Å². The van der Waals surface area contributed by atoms with E-state index in [2.05, 4.69) is 19.2 Å². The second-order valence-electron chi connectivity index (χ2n) is 5.66. The molecule has 1 aliphatic carbocycles. The summed E-state index contributed by atoms with van der Waals surface area (Å²) in [5, 5.41) is 4.12. The third-order valence-electron chi connectivity index (χ3n) is 4.14. The Morgan fingerprint density at radius 2 is 2.16 bits per heavy atom. The van der Waals surface area contributed by atoms with Crippen LogP contribution in [-0.4, -0.2) is 12.6 Å². The third kappa shape index (κ3) is 3.93. The highest BCUT2D eigenvalue weighted by molar-refractivity contribution is 6.31. The van der Waals surface area contributed by atoms with E-state index >= 15 is 0 Å². The van der Waals surface area contributed by atoms with Gasteiger partial charge < -0.3 is 5.32 Å². The highest BCUT2D eigenvalue weighted by atomic mass is 35.5. The summed E-state index contributed by atoms with van der Waals surface area (Å²) in [6.07, 6.45) is 4.41. The average molecular weight is 284 g/mol. The van der Waals surface area contributed by atoms with Crippen molar-refractivity contribution >= 4 is 11.6 Å². The fraction of sp³-hybridized carbons (Fsp3) is 0.625. The predicted octanol–water partition coefficient (Wildman–Crippen LogP) is 4.44. The summed E-state index contributed by atoms with van der Waals surface area (Å²) in [6.45, 7) is 5.41. The number of hydrogen-bond acceptors (Lipinski definition) is 1. The quantitative estimate of drug-likeness (QED) is 0.780. The molecule has 1 fully saturated rings. The summed E-state index contributed by atoms with van der Waals surface area (Å²) in [5.41, 5.74) is 0.658. The standard InChI is InChI=1S/C16H23ClFN/c1-3-9-19-16(11(2)12-7-8-12)10-13-14(17)5-4-6-15(13)18/h4-6,11-12,16,19H,3,7-10H2,1-2H3. The molecule has 1 aromatic rings. The Kier molecular flexibility index (Phi) is 5.23. The van der Waals surface area contributed by atoms with Crippen molar-refractivity contribution in [3.05, 3.63) is 34.6 Å². The van der Waals surface area contributed by atoms with E-state index in [0.29, 0.717) is 29.0 Å². The first-order valence-electron chi connectivity index (χ1n) is 7.29. The van der Waals surface area contributed by atoms with E-state index in [0.717, 1.165) is 18.9 Å². The van der Waals surface area contributed by atoms with Crippen LogP contribution in [0, 0.1) is 17.7 Å². The molecule has 2 rings (SSSR count).